The van der Waals surface area contributed by atoms with Crippen molar-refractivity contribution in [1.82, 2.24) is 19.8 Å². The molecule has 1 aromatic heterocycles. The molecule has 1 aromatic carbocycles. The van der Waals surface area contributed by atoms with Crippen LogP contribution in [-0.2, 0) is 16.1 Å². The number of amides is 2. The van der Waals surface area contributed by atoms with Crippen LogP contribution in [0.15, 0.2) is 36.4 Å². The lowest BCUT2D eigenvalue weighted by atomic mass is 10.0. The molecule has 0 spiro atoms. The quantitative estimate of drug-likeness (QED) is 0.646. The van der Waals surface area contributed by atoms with Gasteiger partial charge in [0.1, 0.15) is 17.4 Å². The number of benzene rings is 1. The number of aromatic nitrogens is 2. The van der Waals surface area contributed by atoms with Crippen LogP contribution in [0.5, 0.6) is 5.75 Å². The van der Waals surface area contributed by atoms with Gasteiger partial charge in [-0.15, -0.1) is 0 Å². The van der Waals surface area contributed by atoms with Crippen LogP contribution in [-0.4, -0.2) is 71.9 Å². The summed E-state index contributed by atoms with van der Waals surface area (Å²) in [6.07, 6.45) is 0.446. The highest BCUT2D eigenvalue weighted by molar-refractivity contribution is 5.80. The van der Waals surface area contributed by atoms with E-state index in [2.05, 4.69) is 4.98 Å². The maximum Gasteiger partial charge on any atom is 0.260 e. The number of likely N-dealkylation sites (tertiary alicyclic amines) is 1. The van der Waals surface area contributed by atoms with E-state index in [4.69, 9.17) is 9.72 Å². The Kier molecular flexibility index (Phi) is 7.09. The number of hydrogen-bond donors (Lipinski definition) is 0. The molecule has 31 heavy (non-hydrogen) atoms. The zero-order chi connectivity index (χ0) is 22.5. The Hall–Kier alpha value is -3.16. The minimum Gasteiger partial charge on any atom is -0.484 e. The SMILES string of the molecule is CC(C)N1CC(c2cc(N(C)C)nc(CN(C)C(=O)COc3ccccc3)n2)CC1=O. The molecule has 2 heterocycles. The summed E-state index contributed by atoms with van der Waals surface area (Å²) in [5.41, 5.74) is 0.839. The van der Waals surface area contributed by atoms with Crippen LogP contribution in [0.4, 0.5) is 5.82 Å². The summed E-state index contributed by atoms with van der Waals surface area (Å²) in [4.78, 5) is 39.6. The molecular formula is C23H31N5O3. The number of nitrogens with zero attached hydrogens (tertiary/aromatic N) is 5. The molecule has 8 nitrogen and oxygen atoms in total. The molecule has 0 N–H and O–H groups in total. The fraction of sp³-hybridized carbons (Fsp3) is 0.478. The van der Waals surface area contributed by atoms with Gasteiger partial charge in [-0.1, -0.05) is 18.2 Å². The van der Waals surface area contributed by atoms with E-state index in [1.165, 1.54) is 0 Å². The third-order valence-electron chi connectivity index (χ3n) is 5.35. The van der Waals surface area contributed by atoms with Crippen LogP contribution in [0, 0.1) is 0 Å². The van der Waals surface area contributed by atoms with E-state index in [9.17, 15) is 9.59 Å². The Morgan fingerprint density at radius 2 is 1.90 bits per heavy atom. The van der Waals surface area contributed by atoms with Gasteiger partial charge in [-0.3, -0.25) is 9.59 Å². The zero-order valence-electron chi connectivity index (χ0n) is 18.9. The van der Waals surface area contributed by atoms with Crippen molar-refractivity contribution in [3.63, 3.8) is 0 Å². The minimum atomic E-state index is -0.161. The lowest BCUT2D eigenvalue weighted by Gasteiger charge is -2.22. The number of carbonyl (C=O) groups excluding carboxylic acids is 2. The third-order valence-corrected chi connectivity index (χ3v) is 5.35. The van der Waals surface area contributed by atoms with Gasteiger partial charge >= 0.3 is 0 Å². The molecular weight excluding hydrogens is 394 g/mol. The number of anilines is 1. The summed E-state index contributed by atoms with van der Waals surface area (Å²) in [6.45, 7) is 4.91. The topological polar surface area (TPSA) is 78.9 Å². The molecule has 0 radical (unpaired) electrons. The predicted molar refractivity (Wildman–Crippen MR) is 119 cm³/mol. The molecule has 3 rings (SSSR count). The molecule has 166 valence electrons. The van der Waals surface area contributed by atoms with Crippen molar-refractivity contribution < 1.29 is 14.3 Å². The van der Waals surface area contributed by atoms with Crippen molar-refractivity contribution >= 4 is 17.6 Å². The lowest BCUT2D eigenvalue weighted by molar-refractivity contribution is -0.132. The zero-order valence-corrected chi connectivity index (χ0v) is 18.9. The number of ether oxygens (including phenoxy) is 1. The van der Waals surface area contributed by atoms with Gasteiger partial charge in [-0.25, -0.2) is 9.97 Å². The normalized spacial score (nSPS) is 16.0. The molecule has 1 atom stereocenters. The van der Waals surface area contributed by atoms with E-state index in [1.54, 1.807) is 11.9 Å². The molecule has 2 aromatic rings. The fourth-order valence-corrected chi connectivity index (χ4v) is 3.51. The molecule has 1 fully saturated rings. The Morgan fingerprint density at radius 1 is 1.19 bits per heavy atom. The highest BCUT2D eigenvalue weighted by atomic mass is 16.5. The first-order chi connectivity index (χ1) is 14.7. The second kappa shape index (κ2) is 9.76. The number of carbonyl (C=O) groups is 2. The summed E-state index contributed by atoms with van der Waals surface area (Å²) >= 11 is 0. The summed E-state index contributed by atoms with van der Waals surface area (Å²) in [5.74, 6) is 1.98. The Balaban J connectivity index is 1.71. The maximum atomic E-state index is 12.5. The Morgan fingerprint density at radius 3 is 2.52 bits per heavy atom. The third kappa shape index (κ3) is 5.71. The fourth-order valence-electron chi connectivity index (χ4n) is 3.51. The van der Waals surface area contributed by atoms with Gasteiger partial charge in [0.2, 0.25) is 5.91 Å². The van der Waals surface area contributed by atoms with Crippen LogP contribution >= 0.6 is 0 Å². The molecule has 0 bridgehead atoms. The van der Waals surface area contributed by atoms with E-state index < -0.39 is 0 Å². The first kappa shape index (κ1) is 22.5. The van der Waals surface area contributed by atoms with Gasteiger partial charge in [0.05, 0.1) is 12.2 Å². The predicted octanol–water partition coefficient (Wildman–Crippen LogP) is 2.30. The lowest BCUT2D eigenvalue weighted by Crippen LogP contribution is -2.32. The van der Waals surface area contributed by atoms with Crippen molar-refractivity contribution in [3.8, 4) is 5.75 Å². The highest BCUT2D eigenvalue weighted by Crippen LogP contribution is 2.29. The summed E-state index contributed by atoms with van der Waals surface area (Å²) in [5, 5.41) is 0. The van der Waals surface area contributed by atoms with Crippen LogP contribution in [0.3, 0.4) is 0 Å². The van der Waals surface area contributed by atoms with Crippen LogP contribution < -0.4 is 9.64 Å². The van der Waals surface area contributed by atoms with Crippen molar-refractivity contribution in [2.75, 3.05) is 39.2 Å². The molecule has 0 aliphatic carbocycles. The first-order valence-electron chi connectivity index (χ1n) is 10.5. The molecule has 2 amide bonds. The van der Waals surface area contributed by atoms with Gasteiger partial charge in [0, 0.05) is 52.1 Å². The monoisotopic (exact) mass is 425 g/mol. The summed E-state index contributed by atoms with van der Waals surface area (Å²) in [7, 11) is 5.54. The van der Waals surface area contributed by atoms with E-state index >= 15 is 0 Å². The highest BCUT2D eigenvalue weighted by Gasteiger charge is 2.33. The van der Waals surface area contributed by atoms with Gasteiger partial charge < -0.3 is 19.4 Å². The maximum absolute atomic E-state index is 12.5. The summed E-state index contributed by atoms with van der Waals surface area (Å²) < 4.78 is 5.56. The van der Waals surface area contributed by atoms with Crippen molar-refractivity contribution in [3.05, 3.63) is 47.9 Å². The molecule has 8 heteroatoms. The molecule has 1 unspecified atom stereocenters. The van der Waals surface area contributed by atoms with Gasteiger partial charge in [-0.05, 0) is 26.0 Å². The van der Waals surface area contributed by atoms with Gasteiger partial charge in [0.15, 0.2) is 6.61 Å². The van der Waals surface area contributed by atoms with E-state index in [-0.39, 0.29) is 36.9 Å². The Labute approximate surface area is 183 Å². The average molecular weight is 426 g/mol. The van der Waals surface area contributed by atoms with Gasteiger partial charge in [-0.2, -0.15) is 0 Å². The van der Waals surface area contributed by atoms with Crippen molar-refractivity contribution in [1.29, 1.82) is 0 Å². The average Bonchev–Trinajstić information content (AvgIpc) is 3.14. The number of para-hydroxylation sites is 1. The second-order valence-electron chi connectivity index (χ2n) is 8.35. The first-order valence-corrected chi connectivity index (χ1v) is 10.5. The summed E-state index contributed by atoms with van der Waals surface area (Å²) in [6, 6.07) is 11.3. The van der Waals surface area contributed by atoms with Crippen LogP contribution in [0.2, 0.25) is 0 Å². The molecule has 1 aliphatic rings. The largest absolute Gasteiger partial charge is 0.484 e. The number of hydrogen-bond acceptors (Lipinski definition) is 6. The molecule has 0 saturated carbocycles. The molecule has 1 saturated heterocycles. The van der Waals surface area contributed by atoms with E-state index in [0.717, 1.165) is 11.5 Å². The Bertz CT molecular complexity index is 917. The smallest absolute Gasteiger partial charge is 0.260 e. The van der Waals surface area contributed by atoms with Gasteiger partial charge in [0.25, 0.3) is 5.91 Å². The number of rotatable bonds is 8. The van der Waals surface area contributed by atoms with Crippen molar-refractivity contribution in [2.45, 2.75) is 38.8 Å². The van der Waals surface area contributed by atoms with E-state index in [0.29, 0.717) is 24.5 Å². The van der Waals surface area contributed by atoms with E-state index in [1.807, 2.05) is 74.1 Å². The van der Waals surface area contributed by atoms with Crippen molar-refractivity contribution in [2.24, 2.45) is 0 Å². The van der Waals surface area contributed by atoms with Crippen LogP contribution in [0.25, 0.3) is 0 Å². The standard InChI is InChI=1S/C23H31N5O3/c1-16(2)28-13-17(11-22(28)29)19-12-21(26(3)4)25-20(24-19)14-27(5)23(30)15-31-18-9-7-6-8-10-18/h6-10,12,16-17H,11,13-15H2,1-5H3. The van der Waals surface area contributed by atoms with Crippen LogP contribution in [0.1, 0.15) is 37.7 Å². The minimum absolute atomic E-state index is 0.0257. The molecule has 1 aliphatic heterocycles. The second-order valence-corrected chi connectivity index (χ2v) is 8.35. The number of likely N-dealkylation sites (N-methyl/N-ethyl adjacent to an activating group) is 1.